The summed E-state index contributed by atoms with van der Waals surface area (Å²) in [5, 5.41) is 0. The molecule has 278 valence electrons. The van der Waals surface area contributed by atoms with Gasteiger partial charge in [-0.1, -0.05) is 0 Å². The average molecular weight is 927 g/mol. The molecule has 0 unspecified atom stereocenters. The Balaban J connectivity index is 1.29. The van der Waals surface area contributed by atoms with Crippen LogP contribution in [0.25, 0.3) is 55.9 Å². The molecule has 0 aliphatic rings. The molecule has 0 amide bonds. The third kappa shape index (κ3) is 7.05. The van der Waals surface area contributed by atoms with E-state index in [1.54, 1.807) is 0 Å². The second-order valence-electron chi connectivity index (χ2n) is 13.8. The molecule has 9 rings (SSSR count). The number of fused-ring (bicyclic) bond motifs is 1. The molecule has 0 aliphatic heterocycles. The number of para-hydroxylation sites is 2. The van der Waals surface area contributed by atoms with Gasteiger partial charge in [-0.2, -0.15) is 0 Å². The van der Waals surface area contributed by atoms with Crippen LogP contribution in [0.2, 0.25) is 0 Å². The van der Waals surface area contributed by atoms with E-state index >= 15 is 0 Å². The molecule has 8 heteroatoms. The summed E-state index contributed by atoms with van der Waals surface area (Å²) in [7, 11) is 0. The number of aromatic nitrogens is 3. The fourth-order valence-corrected chi connectivity index (χ4v) is 8.93. The molecule has 0 spiro atoms. The minimum atomic E-state index is -4.42. The maximum absolute atomic E-state index is 13.6. The van der Waals surface area contributed by atoms with Crippen molar-refractivity contribution in [1.29, 1.82) is 0 Å². The Kier molecular flexibility index (Phi) is 9.77. The van der Waals surface area contributed by atoms with Crippen LogP contribution in [-0.4, -0.2) is 20.8 Å². The van der Waals surface area contributed by atoms with E-state index in [4.69, 9.17) is 4.98 Å². The summed E-state index contributed by atoms with van der Waals surface area (Å²) in [6.45, 7) is -0.220. The third-order valence-electron chi connectivity index (χ3n) is 10.4. The Morgan fingerprint density at radius 3 is 1.60 bits per heavy atom. The quantitative estimate of drug-likeness (QED) is 0.139. The molecule has 2 heterocycles. The first-order chi connectivity index (χ1) is 27.8. The van der Waals surface area contributed by atoms with Crippen molar-refractivity contribution in [3.8, 4) is 44.9 Å². The number of alkyl halides is 3. The zero-order valence-corrected chi connectivity index (χ0v) is 32.7. The zero-order chi connectivity index (χ0) is 38.9. The number of benzene rings is 7. The van der Waals surface area contributed by atoms with E-state index in [0.29, 0.717) is 5.69 Å². The van der Waals surface area contributed by atoms with Crippen LogP contribution in [-0.2, 0) is 25.5 Å². The molecule has 57 heavy (non-hydrogen) atoms. The maximum atomic E-state index is 13.6. The Bertz CT molecular complexity index is 2850. The fraction of sp³-hybridized carbons (Fsp3) is 0.0204. The van der Waals surface area contributed by atoms with Crippen LogP contribution in [0.15, 0.2) is 200 Å². The number of hydrogen-bond acceptors (Lipinski definition) is 1. The van der Waals surface area contributed by atoms with Crippen molar-refractivity contribution in [1.82, 2.24) is 14.1 Å². The van der Waals surface area contributed by atoms with Gasteiger partial charge in [0.25, 0.3) is 0 Å². The predicted molar refractivity (Wildman–Crippen MR) is 222 cm³/mol. The molecule has 0 aliphatic carbocycles. The third-order valence-corrected chi connectivity index (χ3v) is 11.4. The topological polar surface area (TPSA) is 22.8 Å². The van der Waals surface area contributed by atoms with Gasteiger partial charge in [-0.25, -0.2) is 0 Å². The monoisotopic (exact) mass is 926 g/mol. The summed E-state index contributed by atoms with van der Waals surface area (Å²) in [5.74, 6) is 0. The predicted octanol–water partition coefficient (Wildman–Crippen LogP) is 10.4. The summed E-state index contributed by atoms with van der Waals surface area (Å²) in [4.78, 5) is 4.70. The first-order valence-electron chi connectivity index (χ1n) is 18.6. The molecule has 3 nitrogen and oxygen atoms in total. The molecule has 0 fully saturated rings. The fourth-order valence-electron chi connectivity index (χ4n) is 7.80. The number of rotatable bonds is 8. The molecule has 0 atom stereocenters. The van der Waals surface area contributed by atoms with Crippen molar-refractivity contribution < 1.29 is 32.5 Å². The normalized spacial score (nSPS) is 11.5. The molecule has 9 aromatic rings. The summed E-state index contributed by atoms with van der Waals surface area (Å²) < 4.78 is 45.7. The van der Waals surface area contributed by atoms with E-state index in [1.165, 1.54) is 17.6 Å². The number of halogens is 3. The van der Waals surface area contributed by atoms with Crippen LogP contribution < -0.4 is 16.4 Å². The molecule has 0 bridgehead atoms. The van der Waals surface area contributed by atoms with Gasteiger partial charge in [0.15, 0.2) is 0 Å². The van der Waals surface area contributed by atoms with E-state index in [0.717, 1.165) is 77.1 Å². The van der Waals surface area contributed by atoms with Gasteiger partial charge >= 0.3 is 335 Å². The van der Waals surface area contributed by atoms with Gasteiger partial charge in [0.1, 0.15) is 0 Å². The van der Waals surface area contributed by atoms with Crippen LogP contribution in [0, 0.1) is 3.80 Å². The van der Waals surface area contributed by atoms with Crippen molar-refractivity contribution in [3.05, 3.63) is 210 Å². The molecule has 2 aromatic heterocycles. The second kappa shape index (κ2) is 15.3. The average Bonchev–Trinajstić information content (AvgIpc) is 3.56. The van der Waals surface area contributed by atoms with Gasteiger partial charge in [0.2, 0.25) is 0 Å². The van der Waals surface area contributed by atoms with Crippen LogP contribution >= 0.6 is 0 Å². The van der Waals surface area contributed by atoms with Crippen molar-refractivity contribution in [2.45, 2.75) is 6.18 Å². The molecule has 0 radical (unpaired) electrons. The Morgan fingerprint density at radius 2 is 1.00 bits per heavy atom. The Hall–Kier alpha value is -6.30. The molecule has 0 saturated carbocycles. The SMILES string of the molecule is FC(F)(F)c1ccc(-n2[c](=[Pt])n(-c3cccc(B(c4cccc(-c5ccccn5)c4)c4c(-c5ccccc5)cccc4-c4ccccc4)c3)c3ccccc32)cc1. The Morgan fingerprint density at radius 1 is 0.474 bits per heavy atom. The summed E-state index contributed by atoms with van der Waals surface area (Å²) in [6, 6.07) is 64.3. The summed E-state index contributed by atoms with van der Waals surface area (Å²) >= 11 is 2.29. The van der Waals surface area contributed by atoms with Crippen LogP contribution in [0.1, 0.15) is 5.56 Å². The van der Waals surface area contributed by atoms with E-state index in [2.05, 4.69) is 145 Å². The van der Waals surface area contributed by atoms with Gasteiger partial charge in [0.05, 0.1) is 0 Å². The van der Waals surface area contributed by atoms with Crippen LogP contribution in [0.4, 0.5) is 13.2 Å². The van der Waals surface area contributed by atoms with Gasteiger partial charge in [0, 0.05) is 0 Å². The molecular formula is C49H33BF3N3Pt. The standard InChI is InChI=1S/C49H33BF3N3.Pt/c51-49(52,53)38-27-29-41(30-28-38)55-34-56(47-26-8-7-25-46(47)55)42-21-12-20-40(33-42)50(39-19-11-18-37(32-39)45-24-9-10-31-54-45)48-43(35-14-3-1-4-15-35)22-13-23-44(48)36-16-5-2-6-17-36;/h1-33H;. The van der Waals surface area contributed by atoms with Crippen molar-refractivity contribution in [3.63, 3.8) is 0 Å². The van der Waals surface area contributed by atoms with Gasteiger partial charge in [-0.05, 0) is 6.07 Å². The summed E-state index contributed by atoms with van der Waals surface area (Å²) in [5.41, 5.74) is 12.5. The number of hydrogen-bond donors (Lipinski definition) is 0. The molecule has 0 N–H and O–H groups in total. The van der Waals surface area contributed by atoms with E-state index in [-0.39, 0.29) is 6.71 Å². The molecular weight excluding hydrogens is 893 g/mol. The number of pyridine rings is 1. The van der Waals surface area contributed by atoms with E-state index < -0.39 is 11.7 Å². The van der Waals surface area contributed by atoms with Gasteiger partial charge in [-0.15, -0.1) is 0 Å². The van der Waals surface area contributed by atoms with Crippen molar-refractivity contribution in [2.75, 3.05) is 0 Å². The number of nitrogens with zero attached hydrogens (tertiary/aromatic N) is 3. The van der Waals surface area contributed by atoms with Crippen LogP contribution in [0.3, 0.4) is 0 Å². The van der Waals surface area contributed by atoms with Gasteiger partial charge < -0.3 is 0 Å². The molecule has 7 aromatic carbocycles. The van der Waals surface area contributed by atoms with E-state index in [9.17, 15) is 13.2 Å². The van der Waals surface area contributed by atoms with Crippen LogP contribution in [0.5, 0.6) is 0 Å². The van der Waals surface area contributed by atoms with Crippen molar-refractivity contribution >= 4 is 34.1 Å². The Labute approximate surface area is 339 Å². The van der Waals surface area contributed by atoms with E-state index in [1.807, 2.05) is 59.3 Å². The zero-order valence-electron chi connectivity index (χ0n) is 30.4. The minimum absolute atomic E-state index is 0.220. The van der Waals surface area contributed by atoms with Crippen molar-refractivity contribution in [2.24, 2.45) is 0 Å². The van der Waals surface area contributed by atoms with Gasteiger partial charge in [-0.3, -0.25) is 0 Å². The second-order valence-corrected chi connectivity index (χ2v) is 14.8. The number of imidazole rings is 1. The summed E-state index contributed by atoms with van der Waals surface area (Å²) in [6.07, 6.45) is -2.60. The molecule has 0 saturated heterocycles. The first kappa shape index (κ1) is 36.3. The first-order valence-corrected chi connectivity index (χ1v) is 19.7.